The van der Waals surface area contributed by atoms with Crippen molar-refractivity contribution in [1.82, 2.24) is 19.6 Å². The van der Waals surface area contributed by atoms with Crippen molar-refractivity contribution in [3.05, 3.63) is 17.0 Å². The van der Waals surface area contributed by atoms with Gasteiger partial charge in [-0.05, 0) is 45.3 Å². The van der Waals surface area contributed by atoms with E-state index < -0.39 is 4.87 Å². The van der Waals surface area contributed by atoms with E-state index in [0.29, 0.717) is 11.6 Å². The van der Waals surface area contributed by atoms with Gasteiger partial charge in [-0.15, -0.1) is 0 Å². The Morgan fingerprint density at radius 3 is 2.48 bits per heavy atom. The number of fused-ring (bicyclic) bond motifs is 5. The first-order chi connectivity index (χ1) is 11.9. The molecule has 25 heavy (non-hydrogen) atoms. The minimum atomic E-state index is -1.14. The number of hydrogen-bond donors (Lipinski definition) is 0. The molecule has 2 aliphatic heterocycles. The van der Waals surface area contributed by atoms with Crippen LogP contribution in [0.1, 0.15) is 17.0 Å². The molecule has 0 aliphatic carbocycles. The summed E-state index contributed by atoms with van der Waals surface area (Å²) in [7, 11) is 8.04. The van der Waals surface area contributed by atoms with E-state index in [-0.39, 0.29) is 5.84 Å². The zero-order valence-corrected chi connectivity index (χ0v) is 16.3. The SMILES string of the molecule is Cc1nn(C)c2c1SSSC1(C#N)c3c(C)nn(C)c3N=C(C#N)N21. The number of nitrogens with zero attached hydrogens (tertiary/aromatic N) is 8. The van der Waals surface area contributed by atoms with Crippen molar-refractivity contribution in [3.63, 3.8) is 0 Å². The van der Waals surface area contributed by atoms with Crippen molar-refractivity contribution >= 4 is 48.9 Å². The Kier molecular flexibility index (Phi) is 3.58. The summed E-state index contributed by atoms with van der Waals surface area (Å²) in [5.74, 6) is 1.42. The van der Waals surface area contributed by atoms with Gasteiger partial charge in [0.25, 0.3) is 0 Å². The maximum absolute atomic E-state index is 10.3. The Labute approximate surface area is 155 Å². The summed E-state index contributed by atoms with van der Waals surface area (Å²) >= 11 is 0. The topological polar surface area (TPSA) is 98.8 Å². The molecule has 2 aliphatic rings. The lowest BCUT2D eigenvalue weighted by Gasteiger charge is -2.38. The van der Waals surface area contributed by atoms with Crippen LogP contribution in [-0.4, -0.2) is 25.4 Å². The van der Waals surface area contributed by atoms with E-state index in [1.807, 2.05) is 20.9 Å². The van der Waals surface area contributed by atoms with E-state index in [2.05, 4.69) is 27.3 Å². The van der Waals surface area contributed by atoms with E-state index in [9.17, 15) is 10.5 Å². The summed E-state index contributed by atoms with van der Waals surface area (Å²) in [6.45, 7) is 3.78. The maximum Gasteiger partial charge on any atom is 0.223 e. The predicted octanol–water partition coefficient (Wildman–Crippen LogP) is 2.92. The van der Waals surface area contributed by atoms with Crippen LogP contribution in [0.2, 0.25) is 0 Å². The Hall–Kier alpha value is -2.08. The Bertz CT molecular complexity index is 1020. The lowest BCUT2D eigenvalue weighted by molar-refractivity contribution is 0.702. The van der Waals surface area contributed by atoms with Gasteiger partial charge in [0.05, 0.1) is 21.8 Å². The number of anilines is 1. The molecule has 0 N–H and O–H groups in total. The van der Waals surface area contributed by atoms with Crippen LogP contribution in [0.15, 0.2) is 9.89 Å². The fourth-order valence-corrected chi connectivity index (χ4v) is 8.02. The number of nitriles is 2. The summed E-state index contributed by atoms with van der Waals surface area (Å²) in [4.78, 5) is 6.02. The van der Waals surface area contributed by atoms with Crippen molar-refractivity contribution in [2.24, 2.45) is 19.1 Å². The van der Waals surface area contributed by atoms with Crippen molar-refractivity contribution in [3.8, 4) is 12.1 Å². The molecule has 0 spiro atoms. The minimum absolute atomic E-state index is 0.164. The lowest BCUT2D eigenvalue weighted by Crippen LogP contribution is -2.49. The van der Waals surface area contributed by atoms with E-state index in [1.165, 1.54) is 20.6 Å². The van der Waals surface area contributed by atoms with Crippen molar-refractivity contribution in [1.29, 1.82) is 10.5 Å². The molecule has 11 heteroatoms. The maximum atomic E-state index is 10.3. The molecule has 1 atom stereocenters. The zero-order chi connectivity index (χ0) is 17.9. The Morgan fingerprint density at radius 2 is 1.80 bits per heavy atom. The second-order valence-corrected chi connectivity index (χ2v) is 9.74. The molecule has 0 amide bonds. The largest absolute Gasteiger partial charge is 0.267 e. The van der Waals surface area contributed by atoms with Crippen molar-refractivity contribution in [2.45, 2.75) is 23.6 Å². The highest BCUT2D eigenvalue weighted by Gasteiger charge is 2.53. The summed E-state index contributed by atoms with van der Waals surface area (Å²) in [5.41, 5.74) is 2.31. The molecule has 2 aromatic heterocycles. The van der Waals surface area contributed by atoms with Crippen LogP contribution >= 0.6 is 31.4 Å². The molecule has 0 aromatic carbocycles. The summed E-state index contributed by atoms with van der Waals surface area (Å²) in [6, 6.07) is 4.60. The summed E-state index contributed by atoms with van der Waals surface area (Å²) < 4.78 is 3.33. The number of amidine groups is 1. The van der Waals surface area contributed by atoms with E-state index in [1.54, 1.807) is 32.1 Å². The van der Waals surface area contributed by atoms with Gasteiger partial charge in [0.15, 0.2) is 5.82 Å². The van der Waals surface area contributed by atoms with Crippen molar-refractivity contribution in [2.75, 3.05) is 4.90 Å². The van der Waals surface area contributed by atoms with E-state index in [0.717, 1.165) is 21.8 Å². The first-order valence-electron chi connectivity index (χ1n) is 7.25. The van der Waals surface area contributed by atoms with Gasteiger partial charge in [0, 0.05) is 14.1 Å². The molecule has 0 saturated heterocycles. The van der Waals surface area contributed by atoms with Crippen LogP contribution in [0.5, 0.6) is 0 Å². The number of hydrogen-bond acceptors (Lipinski definition) is 9. The van der Waals surface area contributed by atoms with Crippen LogP contribution in [0.4, 0.5) is 11.6 Å². The molecule has 0 radical (unpaired) electrons. The van der Waals surface area contributed by atoms with Gasteiger partial charge in [-0.3, -0.25) is 14.3 Å². The fraction of sp³-hybridized carbons (Fsp3) is 0.357. The zero-order valence-electron chi connectivity index (χ0n) is 13.8. The first-order valence-corrected chi connectivity index (χ1v) is 10.7. The highest BCUT2D eigenvalue weighted by molar-refractivity contribution is 9.09. The molecule has 126 valence electrons. The van der Waals surface area contributed by atoms with Gasteiger partial charge in [-0.25, -0.2) is 4.99 Å². The second kappa shape index (κ2) is 5.46. The molecule has 2 aromatic rings. The Balaban J connectivity index is 2.13. The van der Waals surface area contributed by atoms with E-state index in [4.69, 9.17) is 0 Å². The smallest absolute Gasteiger partial charge is 0.223 e. The van der Waals surface area contributed by atoms with Gasteiger partial charge in [-0.2, -0.15) is 20.7 Å². The number of rotatable bonds is 0. The number of aromatic nitrogens is 4. The molecule has 8 nitrogen and oxygen atoms in total. The van der Waals surface area contributed by atoms with Crippen LogP contribution in [0, 0.1) is 36.5 Å². The average Bonchev–Trinajstić information content (AvgIpc) is 2.94. The van der Waals surface area contributed by atoms with E-state index >= 15 is 0 Å². The normalized spacial score (nSPS) is 21.4. The molecule has 0 bridgehead atoms. The highest BCUT2D eigenvalue weighted by Crippen LogP contribution is 2.62. The molecule has 0 fully saturated rings. The first kappa shape index (κ1) is 16.4. The predicted molar refractivity (Wildman–Crippen MR) is 99.4 cm³/mol. The van der Waals surface area contributed by atoms with Gasteiger partial charge in [-0.1, -0.05) is 0 Å². The molecule has 4 rings (SSSR count). The Morgan fingerprint density at radius 1 is 1.08 bits per heavy atom. The van der Waals surface area contributed by atoms with Gasteiger partial charge in [0.1, 0.15) is 18.0 Å². The van der Waals surface area contributed by atoms with Crippen LogP contribution in [0.3, 0.4) is 0 Å². The number of aliphatic imine (C=N–C) groups is 1. The molecule has 4 heterocycles. The van der Waals surface area contributed by atoms with Gasteiger partial charge in [0.2, 0.25) is 10.7 Å². The summed E-state index contributed by atoms with van der Waals surface area (Å²) in [6.07, 6.45) is 0. The third kappa shape index (κ3) is 2.00. The standard InChI is InChI=1S/C14H12N8S3/c1-7-10-12(20(3)18-7)17-9(5-15)22-13-11(8(2)19-21(13)4)23-25-24-14(10,22)6-16/h1-4H3. The molecular formula is C14H12N8S3. The van der Waals surface area contributed by atoms with Crippen LogP contribution < -0.4 is 4.90 Å². The lowest BCUT2D eigenvalue weighted by atomic mass is 10.0. The van der Waals surface area contributed by atoms with Gasteiger partial charge >= 0.3 is 0 Å². The van der Waals surface area contributed by atoms with Crippen LogP contribution in [-0.2, 0) is 19.0 Å². The summed E-state index contributed by atoms with van der Waals surface area (Å²) in [5, 5.41) is 28.9. The third-order valence-corrected chi connectivity index (χ3v) is 8.50. The minimum Gasteiger partial charge on any atom is -0.267 e. The average molecular weight is 389 g/mol. The molecular weight excluding hydrogens is 376 g/mol. The molecule has 1 unspecified atom stereocenters. The van der Waals surface area contributed by atoms with Crippen LogP contribution in [0.25, 0.3) is 0 Å². The highest BCUT2D eigenvalue weighted by atomic mass is 33.5. The molecule has 0 saturated carbocycles. The monoisotopic (exact) mass is 388 g/mol. The quantitative estimate of drug-likeness (QED) is 0.635. The fourth-order valence-electron chi connectivity index (χ4n) is 3.18. The van der Waals surface area contributed by atoms with Crippen molar-refractivity contribution < 1.29 is 0 Å². The third-order valence-electron chi connectivity index (χ3n) is 4.14. The van der Waals surface area contributed by atoms with Gasteiger partial charge < -0.3 is 0 Å². The number of aryl methyl sites for hydroxylation is 4. The second-order valence-electron chi connectivity index (χ2n) is 5.64.